The Hall–Kier alpha value is -1.92. The van der Waals surface area contributed by atoms with E-state index in [-0.39, 0.29) is 18.1 Å². The van der Waals surface area contributed by atoms with Crippen LogP contribution in [0.4, 0.5) is 4.79 Å². The van der Waals surface area contributed by atoms with Gasteiger partial charge in [0.15, 0.2) is 14.8 Å². The Balaban J connectivity index is 2.42. The van der Waals surface area contributed by atoms with Gasteiger partial charge in [0, 0.05) is 25.4 Å². The molecule has 0 spiro atoms. The number of carbonyl (C=O) groups excluding carboxylic acids is 1. The molecule has 0 N–H and O–H groups in total. The van der Waals surface area contributed by atoms with Gasteiger partial charge in [-0.1, -0.05) is 45.6 Å². The highest BCUT2D eigenvalue weighted by molar-refractivity contribution is 6.48. The van der Waals surface area contributed by atoms with E-state index in [9.17, 15) is 4.79 Å². The highest BCUT2D eigenvalue weighted by atomic mass is 28.3. The number of carbonyl (C=O) groups is 1. The zero-order chi connectivity index (χ0) is 20.1. The van der Waals surface area contributed by atoms with Gasteiger partial charge in [-0.25, -0.2) is 4.79 Å². The molecule has 0 saturated carbocycles. The fourth-order valence-electron chi connectivity index (χ4n) is 3.34. The monoisotopic (exact) mass is 388 g/mol. The van der Waals surface area contributed by atoms with Crippen molar-refractivity contribution in [2.75, 3.05) is 13.2 Å². The molecular weight excluding hydrogens is 356 g/mol. The second-order valence-electron chi connectivity index (χ2n) is 8.37. The molecule has 1 fully saturated rings. The van der Waals surface area contributed by atoms with E-state index in [1.54, 1.807) is 23.4 Å². The van der Waals surface area contributed by atoms with Crippen molar-refractivity contribution in [2.24, 2.45) is 11.3 Å². The maximum absolute atomic E-state index is 12.8. The van der Waals surface area contributed by atoms with E-state index in [2.05, 4.69) is 45.4 Å². The summed E-state index contributed by atoms with van der Waals surface area (Å²) in [6, 6.07) is 3.88. The molecule has 0 radical (unpaired) electrons. The summed E-state index contributed by atoms with van der Waals surface area (Å²) in [7, 11) is -1.44. The summed E-state index contributed by atoms with van der Waals surface area (Å²) in [6.45, 7) is 15.3. The van der Waals surface area contributed by atoms with Gasteiger partial charge in [-0.05, 0) is 42.1 Å². The van der Waals surface area contributed by atoms with Crippen LogP contribution in [0.5, 0.6) is 0 Å². The van der Waals surface area contributed by atoms with Crippen molar-refractivity contribution < 1.29 is 14.0 Å². The third-order valence-corrected chi connectivity index (χ3v) is 5.71. The summed E-state index contributed by atoms with van der Waals surface area (Å²) in [5.41, 5.74) is 0.249. The maximum Gasteiger partial charge on any atom is 0.412 e. The first kappa shape index (κ1) is 21.4. The molecule has 1 aromatic heterocycles. The molecule has 1 aromatic rings. The topological polar surface area (TPSA) is 51.7 Å². The van der Waals surface area contributed by atoms with Crippen LogP contribution in [-0.4, -0.2) is 43.9 Å². The van der Waals surface area contributed by atoms with Gasteiger partial charge in [0.1, 0.15) is 6.61 Å². The molecule has 2 rings (SSSR count). The Kier molecular flexibility index (Phi) is 7.00. The minimum absolute atomic E-state index is 0.0583. The van der Waals surface area contributed by atoms with Crippen molar-refractivity contribution in [3.63, 3.8) is 0 Å². The second kappa shape index (κ2) is 8.84. The minimum Gasteiger partial charge on any atom is -0.445 e. The van der Waals surface area contributed by atoms with E-state index in [0.29, 0.717) is 12.5 Å². The van der Waals surface area contributed by atoms with Gasteiger partial charge < -0.3 is 9.16 Å². The lowest BCUT2D eigenvalue weighted by atomic mass is 9.79. The lowest BCUT2D eigenvalue weighted by Gasteiger charge is -2.37. The molecule has 0 aromatic carbocycles. The number of pyridine rings is 1. The van der Waals surface area contributed by atoms with Gasteiger partial charge in [0.2, 0.25) is 0 Å². The molecule has 6 heteroatoms. The van der Waals surface area contributed by atoms with Crippen LogP contribution in [-0.2, 0) is 9.16 Å². The van der Waals surface area contributed by atoms with Gasteiger partial charge in [-0.3, -0.25) is 9.88 Å². The quantitative estimate of drug-likeness (QED) is 0.532. The lowest BCUT2D eigenvalue weighted by Crippen LogP contribution is -2.50. The fraction of sp³-hybridized carbons (Fsp3) is 0.524. The van der Waals surface area contributed by atoms with Crippen LogP contribution in [0.25, 0.3) is 6.08 Å². The Morgan fingerprint density at radius 3 is 2.78 bits per heavy atom. The molecule has 1 amide bonds. The molecule has 0 bridgehead atoms. The smallest absolute Gasteiger partial charge is 0.412 e. The highest BCUT2D eigenvalue weighted by Gasteiger charge is 2.51. The molecular formula is C21H32N2O3Si. The summed E-state index contributed by atoms with van der Waals surface area (Å²) >= 11 is 0. The number of rotatable bonds is 6. The first-order chi connectivity index (χ1) is 12.7. The predicted octanol–water partition coefficient (Wildman–Crippen LogP) is 4.48. The highest BCUT2D eigenvalue weighted by Crippen LogP contribution is 2.44. The van der Waals surface area contributed by atoms with Crippen molar-refractivity contribution in [1.29, 1.82) is 0 Å². The van der Waals surface area contributed by atoms with Crippen LogP contribution in [0, 0.1) is 11.3 Å². The largest absolute Gasteiger partial charge is 0.445 e. The number of hydrogen-bond donors (Lipinski definition) is 0. The normalized spacial score (nSPS) is 23.2. The van der Waals surface area contributed by atoms with Crippen LogP contribution >= 0.6 is 0 Å². The van der Waals surface area contributed by atoms with Crippen molar-refractivity contribution >= 4 is 21.2 Å². The van der Waals surface area contributed by atoms with E-state index < -0.39 is 14.8 Å². The predicted molar refractivity (Wildman–Crippen MR) is 112 cm³/mol. The van der Waals surface area contributed by atoms with E-state index >= 15 is 0 Å². The van der Waals surface area contributed by atoms with Crippen LogP contribution in [0.15, 0.2) is 43.3 Å². The fourth-order valence-corrected chi connectivity index (χ4v) is 4.46. The van der Waals surface area contributed by atoms with Crippen LogP contribution in [0.3, 0.4) is 0 Å². The van der Waals surface area contributed by atoms with Gasteiger partial charge in [-0.15, -0.1) is 0 Å². The molecule has 5 nitrogen and oxygen atoms in total. The molecule has 2 atom stereocenters. The van der Waals surface area contributed by atoms with Crippen LogP contribution in [0.2, 0.25) is 13.1 Å². The Bertz CT molecular complexity index is 670. The molecule has 2 heterocycles. The molecule has 1 aliphatic heterocycles. The third-order valence-electron chi connectivity index (χ3n) is 4.83. The van der Waals surface area contributed by atoms with Gasteiger partial charge in [0.05, 0.1) is 0 Å². The molecule has 27 heavy (non-hydrogen) atoms. The minimum atomic E-state index is -1.44. The third kappa shape index (κ3) is 5.53. The standard InChI is InChI=1S/C21H32N2O3Si/c1-7-13-25-19(24)23-16-18(20(2,3)4)14-21(23,26-27(5)6)11-10-17-9-8-12-22-15-17/h7-12,15,18,27H,1,13-14,16H2,2-6H3/t18-,21+/m0/s1. The van der Waals surface area contributed by atoms with Crippen molar-refractivity contribution in [1.82, 2.24) is 9.88 Å². The van der Waals surface area contributed by atoms with Crippen molar-refractivity contribution in [3.05, 3.63) is 48.8 Å². The number of nitrogens with zero attached hydrogens (tertiary/aromatic N) is 2. The zero-order valence-electron chi connectivity index (χ0n) is 17.1. The number of likely N-dealkylation sites (tertiary alicyclic amines) is 1. The second-order valence-corrected chi connectivity index (χ2v) is 10.7. The Morgan fingerprint density at radius 1 is 1.48 bits per heavy atom. The van der Waals surface area contributed by atoms with Gasteiger partial charge >= 0.3 is 6.09 Å². The van der Waals surface area contributed by atoms with Crippen LogP contribution in [0.1, 0.15) is 32.8 Å². The van der Waals surface area contributed by atoms with Gasteiger partial charge in [-0.2, -0.15) is 0 Å². The summed E-state index contributed by atoms with van der Waals surface area (Å²) < 4.78 is 11.9. The lowest BCUT2D eigenvalue weighted by molar-refractivity contribution is -0.0125. The van der Waals surface area contributed by atoms with Crippen molar-refractivity contribution in [2.45, 2.75) is 46.0 Å². The molecule has 1 aliphatic rings. The molecule has 148 valence electrons. The first-order valence-corrected chi connectivity index (χ1v) is 12.3. The van der Waals surface area contributed by atoms with E-state index in [4.69, 9.17) is 9.16 Å². The number of ether oxygens (including phenoxy) is 1. The average Bonchev–Trinajstić information content (AvgIpc) is 2.98. The number of aromatic nitrogens is 1. The van der Waals surface area contributed by atoms with Crippen molar-refractivity contribution in [3.8, 4) is 0 Å². The van der Waals surface area contributed by atoms with E-state index in [1.165, 1.54) is 0 Å². The average molecular weight is 389 g/mol. The van der Waals surface area contributed by atoms with E-state index in [1.807, 2.05) is 24.3 Å². The molecule has 1 saturated heterocycles. The van der Waals surface area contributed by atoms with Gasteiger partial charge in [0.25, 0.3) is 0 Å². The summed E-state index contributed by atoms with van der Waals surface area (Å²) in [6.07, 6.45) is 9.53. The molecule has 0 unspecified atom stereocenters. The maximum atomic E-state index is 12.8. The number of amides is 1. The number of hydrogen-bond acceptors (Lipinski definition) is 4. The summed E-state index contributed by atoms with van der Waals surface area (Å²) in [4.78, 5) is 18.7. The SMILES string of the molecule is C=CCOC(=O)N1C[C@@H](C(C)(C)C)C[C@@]1(C=Cc1cccnc1)O[SiH](C)C. The Labute approximate surface area is 164 Å². The zero-order valence-corrected chi connectivity index (χ0v) is 18.3. The summed E-state index contributed by atoms with van der Waals surface area (Å²) in [5, 5.41) is 0. The Morgan fingerprint density at radius 2 is 2.22 bits per heavy atom. The van der Waals surface area contributed by atoms with Crippen LogP contribution < -0.4 is 0 Å². The van der Waals surface area contributed by atoms with E-state index in [0.717, 1.165) is 12.0 Å². The molecule has 0 aliphatic carbocycles. The summed E-state index contributed by atoms with van der Waals surface area (Å²) in [5.74, 6) is 0.306. The first-order valence-electron chi connectivity index (χ1n) is 9.50.